The molecule has 0 radical (unpaired) electrons. The number of hydrogen-bond acceptors (Lipinski definition) is 14. The van der Waals surface area contributed by atoms with Crippen LogP contribution in [0.25, 0.3) is 0 Å². The Balaban J connectivity index is 1.78. The maximum atomic E-state index is 12.4. The van der Waals surface area contributed by atoms with Crippen molar-refractivity contribution in [3.05, 3.63) is 105 Å². The molecule has 0 saturated heterocycles. The molecule has 4 rings (SSSR count). The van der Waals surface area contributed by atoms with Crippen LogP contribution in [0.4, 0.5) is 11.4 Å². The molecule has 0 heterocycles. The highest BCUT2D eigenvalue weighted by Crippen LogP contribution is 2.38. The number of benzene rings is 2. The van der Waals surface area contributed by atoms with Gasteiger partial charge in [0.1, 0.15) is 32.4 Å². The van der Waals surface area contributed by atoms with Gasteiger partial charge < -0.3 is 20.4 Å². The summed E-state index contributed by atoms with van der Waals surface area (Å²) in [6.07, 6.45) is 5.45. The van der Waals surface area contributed by atoms with Gasteiger partial charge in [0.2, 0.25) is 0 Å². The fourth-order valence-electron chi connectivity index (χ4n) is 4.07. The van der Waals surface area contributed by atoms with Crippen LogP contribution < -0.4 is 11.5 Å². The molecule has 2 aromatic rings. The van der Waals surface area contributed by atoms with Crippen molar-refractivity contribution in [2.24, 2.45) is 31.9 Å². The Hall–Kier alpha value is -5.38. The van der Waals surface area contributed by atoms with Crippen molar-refractivity contribution in [3.63, 3.8) is 0 Å². The van der Waals surface area contributed by atoms with Crippen molar-refractivity contribution in [2.75, 3.05) is 0 Å². The summed E-state index contributed by atoms with van der Waals surface area (Å²) in [7, 11) is -10.4. The van der Waals surface area contributed by atoms with Gasteiger partial charge in [-0.2, -0.15) is 37.3 Å². The van der Waals surface area contributed by atoms with Crippen LogP contribution in [0, 0.1) is 0 Å². The van der Waals surface area contributed by atoms with E-state index < -0.39 is 87.1 Å². The van der Waals surface area contributed by atoms with Crippen molar-refractivity contribution in [2.45, 2.75) is 11.3 Å². The Morgan fingerprint density at radius 2 is 1.00 bits per heavy atom. The molecule has 0 bridgehead atoms. The van der Waals surface area contributed by atoms with E-state index in [1.165, 1.54) is 12.1 Å². The number of nitrogens with zero attached hydrogens (tertiary/aromatic N) is 4. The van der Waals surface area contributed by atoms with Crippen LogP contribution >= 0.6 is 0 Å². The fourth-order valence-corrected chi connectivity index (χ4v) is 5.66. The summed E-state index contributed by atoms with van der Waals surface area (Å²) in [5.74, 6) is -4.07. The van der Waals surface area contributed by atoms with Crippen LogP contribution in [0.15, 0.2) is 114 Å². The van der Waals surface area contributed by atoms with Crippen LogP contribution in [0.1, 0.15) is 20.7 Å². The Morgan fingerprint density at radius 3 is 1.30 bits per heavy atom. The monoisotopic (exact) mass is 674 g/mol. The van der Waals surface area contributed by atoms with Crippen LogP contribution in [0.5, 0.6) is 11.5 Å². The molecule has 0 saturated carbocycles. The molecule has 2 aromatic carbocycles. The van der Waals surface area contributed by atoms with Crippen molar-refractivity contribution >= 4 is 43.5 Å². The second-order valence-electron chi connectivity index (χ2n) is 9.65. The molecule has 2 aliphatic carbocycles. The number of carboxylic acids is 2. The zero-order valence-corrected chi connectivity index (χ0v) is 24.5. The predicted octanol–water partition coefficient (Wildman–Crippen LogP) is 2.65. The molecule has 0 amide bonds. The smallest absolute Gasteiger partial charge is 0.339 e. The molecule has 2 unspecified atom stereocenters. The van der Waals surface area contributed by atoms with E-state index in [0.29, 0.717) is 12.2 Å². The molecule has 2 aliphatic rings. The number of carbonyl (C=O) groups is 2. The number of phenols is 2. The molecule has 0 fully saturated rings. The average molecular weight is 675 g/mol. The van der Waals surface area contributed by atoms with E-state index >= 15 is 0 Å². The predicted molar refractivity (Wildman–Crippen MR) is 158 cm³/mol. The van der Waals surface area contributed by atoms with Crippen LogP contribution in [-0.4, -0.2) is 69.6 Å². The van der Waals surface area contributed by atoms with Crippen LogP contribution in [0.3, 0.4) is 0 Å². The van der Waals surface area contributed by atoms with Gasteiger partial charge in [-0.05, 0) is 60.7 Å². The molecule has 0 aliphatic heterocycles. The zero-order valence-electron chi connectivity index (χ0n) is 22.8. The first-order chi connectivity index (χ1) is 21.2. The molecule has 46 heavy (non-hydrogen) atoms. The zero-order chi connectivity index (χ0) is 34.2. The third-order valence-electron chi connectivity index (χ3n) is 6.23. The van der Waals surface area contributed by atoms with E-state index in [4.69, 9.17) is 11.5 Å². The minimum absolute atomic E-state index is 0.105. The minimum Gasteiger partial charge on any atom is -0.507 e. The van der Waals surface area contributed by atoms with Gasteiger partial charge in [0.25, 0.3) is 20.2 Å². The lowest BCUT2D eigenvalue weighted by Crippen LogP contribution is -2.37. The molecule has 18 nitrogen and oxygen atoms in total. The SMILES string of the molecule is NC1(N=Nc2ccc(O)c(C(=O)O)c2)C=C/C(=C2\C=CC(N)(N=Nc3ccc(O)c(C(=O)O)c3)C=C2S(=O)(=O)O)C(S(=O)(=O)O)=C1. The Labute approximate surface area is 258 Å². The van der Waals surface area contributed by atoms with Gasteiger partial charge in [-0.15, -0.1) is 0 Å². The van der Waals surface area contributed by atoms with Gasteiger partial charge in [0.15, 0.2) is 11.3 Å². The molecular formula is C26H22N6O12S2. The summed E-state index contributed by atoms with van der Waals surface area (Å²) in [5.41, 5.74) is 5.84. The van der Waals surface area contributed by atoms with Gasteiger partial charge in [-0.25, -0.2) is 9.59 Å². The van der Waals surface area contributed by atoms with Crippen molar-refractivity contribution < 1.29 is 56.0 Å². The Morgan fingerprint density at radius 1 is 0.652 bits per heavy atom. The molecule has 2 atom stereocenters. The number of carboxylic acid groups (broad SMARTS) is 2. The topological polar surface area (TPSA) is 325 Å². The number of aromatic carboxylic acids is 2. The lowest BCUT2D eigenvalue weighted by Gasteiger charge is -2.26. The summed E-state index contributed by atoms with van der Waals surface area (Å²) >= 11 is 0. The number of rotatable bonds is 8. The third kappa shape index (κ3) is 7.28. The first-order valence-corrected chi connectivity index (χ1v) is 15.2. The average Bonchev–Trinajstić information content (AvgIpc) is 2.95. The van der Waals surface area contributed by atoms with Gasteiger partial charge in [0.05, 0.1) is 11.4 Å². The van der Waals surface area contributed by atoms with E-state index in [1.807, 2.05) is 0 Å². The van der Waals surface area contributed by atoms with E-state index in [9.17, 15) is 56.0 Å². The Kier molecular flexibility index (Phi) is 8.63. The number of aromatic hydroxyl groups is 2. The second kappa shape index (κ2) is 11.8. The first kappa shape index (κ1) is 33.5. The van der Waals surface area contributed by atoms with Crippen molar-refractivity contribution in [1.29, 1.82) is 0 Å². The minimum atomic E-state index is -5.18. The van der Waals surface area contributed by atoms with Gasteiger partial charge in [-0.3, -0.25) is 20.6 Å². The number of azo groups is 2. The first-order valence-electron chi connectivity index (χ1n) is 12.3. The highest BCUT2D eigenvalue weighted by Gasteiger charge is 2.36. The quantitative estimate of drug-likeness (QED) is 0.147. The van der Waals surface area contributed by atoms with Gasteiger partial charge >= 0.3 is 11.9 Å². The molecule has 0 spiro atoms. The van der Waals surface area contributed by atoms with Crippen molar-refractivity contribution in [3.8, 4) is 11.5 Å². The maximum absolute atomic E-state index is 12.4. The molecule has 0 aromatic heterocycles. The summed E-state index contributed by atoms with van der Waals surface area (Å²) < 4.78 is 69.7. The second-order valence-corrected chi connectivity index (χ2v) is 12.4. The lowest BCUT2D eigenvalue weighted by molar-refractivity contribution is 0.0682. The van der Waals surface area contributed by atoms with Gasteiger partial charge in [-0.1, -0.05) is 12.2 Å². The van der Waals surface area contributed by atoms with Gasteiger partial charge in [0, 0.05) is 11.1 Å². The van der Waals surface area contributed by atoms with Crippen molar-refractivity contribution in [1.82, 2.24) is 0 Å². The van der Waals surface area contributed by atoms with Crippen LogP contribution in [0.2, 0.25) is 0 Å². The third-order valence-corrected chi connectivity index (χ3v) is 8.02. The van der Waals surface area contributed by atoms with E-state index in [2.05, 4.69) is 20.5 Å². The summed E-state index contributed by atoms with van der Waals surface area (Å²) in [6.45, 7) is 0. The largest absolute Gasteiger partial charge is 0.507 e. The number of hydrogen-bond donors (Lipinski definition) is 8. The summed E-state index contributed by atoms with van der Waals surface area (Å²) in [4.78, 5) is 20.6. The van der Waals surface area contributed by atoms with E-state index in [-0.39, 0.29) is 11.4 Å². The summed E-state index contributed by atoms with van der Waals surface area (Å²) in [6, 6.07) is 6.32. The molecule has 240 valence electrons. The molecule has 10 N–H and O–H groups in total. The molecule has 20 heteroatoms. The fraction of sp³-hybridized carbons (Fsp3) is 0.0769. The van der Waals surface area contributed by atoms with E-state index in [1.54, 1.807) is 0 Å². The normalized spacial score (nSPS) is 23.5. The standard InChI is InChI=1S/C26H22N6O12S2/c27-25(31-29-13-1-3-19(33)17(9-13)23(35)36)7-5-15(21(11-25)45(39,40)41)16-6-8-26(28,12-22(16)46(42,43)44)32-30-14-2-4-20(34)18(10-14)24(37)38/h1-12,33-34H,27-28H2,(H,35,36)(H,37,38)(H,39,40,41)(H,42,43,44)/b16-15-,31-29?,32-30?. The lowest BCUT2D eigenvalue weighted by atomic mass is 9.93. The maximum Gasteiger partial charge on any atom is 0.339 e. The number of allylic oxidation sites excluding steroid dienone is 4. The highest BCUT2D eigenvalue weighted by molar-refractivity contribution is 7.90. The Bertz CT molecular complexity index is 1970. The summed E-state index contributed by atoms with van der Waals surface area (Å²) in [5, 5.41) is 52.8. The highest BCUT2D eigenvalue weighted by atomic mass is 32.2. The van der Waals surface area contributed by atoms with Crippen LogP contribution in [-0.2, 0) is 20.2 Å². The molecular weight excluding hydrogens is 652 g/mol. The van der Waals surface area contributed by atoms with E-state index in [0.717, 1.165) is 48.6 Å². The number of nitrogens with two attached hydrogens (primary N) is 2.